The molecule has 8 nitrogen and oxygen atoms in total. The van der Waals surface area contributed by atoms with Gasteiger partial charge in [-0.1, -0.05) is 6.92 Å². The average molecular weight is 355 g/mol. The van der Waals surface area contributed by atoms with Gasteiger partial charge in [0.25, 0.3) is 11.9 Å². The highest BCUT2D eigenvalue weighted by molar-refractivity contribution is 5.95. The molecule has 8 heteroatoms. The minimum absolute atomic E-state index is 0.0474. The van der Waals surface area contributed by atoms with Crippen LogP contribution in [0.5, 0.6) is 0 Å². The lowest BCUT2D eigenvalue weighted by Crippen LogP contribution is -2.37. The van der Waals surface area contributed by atoms with Crippen molar-refractivity contribution in [3.63, 3.8) is 0 Å². The van der Waals surface area contributed by atoms with E-state index in [0.29, 0.717) is 35.3 Å². The second kappa shape index (κ2) is 7.92. The molecule has 3 rings (SSSR count). The van der Waals surface area contributed by atoms with Crippen LogP contribution in [0.25, 0.3) is 17.4 Å². The second-order valence-corrected chi connectivity index (χ2v) is 5.81. The number of rotatable bonds is 7. The van der Waals surface area contributed by atoms with Crippen molar-refractivity contribution in [3.05, 3.63) is 48.1 Å². The van der Waals surface area contributed by atoms with Crippen LogP contribution in [0.15, 0.2) is 41.3 Å². The summed E-state index contributed by atoms with van der Waals surface area (Å²) in [5, 5.41) is 7.23. The lowest BCUT2D eigenvalue weighted by Gasteiger charge is -2.15. The summed E-state index contributed by atoms with van der Waals surface area (Å²) in [7, 11) is 1.61. The molecule has 26 heavy (non-hydrogen) atoms. The lowest BCUT2D eigenvalue weighted by atomic mass is 10.2. The Bertz CT molecular complexity index is 873. The van der Waals surface area contributed by atoms with Crippen LogP contribution >= 0.6 is 0 Å². The fourth-order valence-corrected chi connectivity index (χ4v) is 2.57. The standard InChI is InChI=1S/C18H21N5O3/c1-4-13(11-25-3)21-17(24)14-10-20-23(12(14)2)18-19-8-7-15(22-18)16-6-5-9-26-16/h5-10,13H,4,11H2,1-3H3,(H,21,24)/t13-/m0/s1. The molecule has 1 amide bonds. The van der Waals surface area contributed by atoms with Gasteiger partial charge in [0.2, 0.25) is 0 Å². The third kappa shape index (κ3) is 3.65. The van der Waals surface area contributed by atoms with Crippen molar-refractivity contribution in [1.82, 2.24) is 25.1 Å². The molecule has 0 spiro atoms. The van der Waals surface area contributed by atoms with Gasteiger partial charge in [-0.3, -0.25) is 4.79 Å². The van der Waals surface area contributed by atoms with E-state index in [2.05, 4.69) is 20.4 Å². The summed E-state index contributed by atoms with van der Waals surface area (Å²) in [6.07, 6.45) is 5.52. The van der Waals surface area contributed by atoms with Gasteiger partial charge < -0.3 is 14.5 Å². The Morgan fingerprint density at radius 3 is 2.96 bits per heavy atom. The average Bonchev–Trinajstić information content (AvgIpc) is 3.31. The maximum absolute atomic E-state index is 12.5. The molecule has 1 atom stereocenters. The summed E-state index contributed by atoms with van der Waals surface area (Å²) in [4.78, 5) is 21.3. The third-order valence-electron chi connectivity index (χ3n) is 4.06. The Kier molecular flexibility index (Phi) is 5.43. The van der Waals surface area contributed by atoms with E-state index in [0.717, 1.165) is 6.42 Å². The van der Waals surface area contributed by atoms with Gasteiger partial charge in [-0.2, -0.15) is 5.10 Å². The Morgan fingerprint density at radius 1 is 1.42 bits per heavy atom. The van der Waals surface area contributed by atoms with E-state index in [9.17, 15) is 4.79 Å². The predicted octanol–water partition coefficient (Wildman–Crippen LogP) is 2.39. The molecule has 0 saturated heterocycles. The van der Waals surface area contributed by atoms with Gasteiger partial charge in [0.1, 0.15) is 5.69 Å². The number of nitrogens with zero attached hydrogens (tertiary/aromatic N) is 4. The molecule has 0 bridgehead atoms. The number of aromatic nitrogens is 4. The van der Waals surface area contributed by atoms with Gasteiger partial charge in [0.15, 0.2) is 5.76 Å². The zero-order valence-electron chi connectivity index (χ0n) is 15.0. The summed E-state index contributed by atoms with van der Waals surface area (Å²) < 4.78 is 12.0. The van der Waals surface area contributed by atoms with Crippen LogP contribution in [0, 0.1) is 6.92 Å². The minimum atomic E-state index is -0.195. The number of hydrogen-bond acceptors (Lipinski definition) is 6. The van der Waals surface area contributed by atoms with Crippen LogP contribution in [0.3, 0.4) is 0 Å². The third-order valence-corrected chi connectivity index (χ3v) is 4.06. The molecule has 1 N–H and O–H groups in total. The summed E-state index contributed by atoms with van der Waals surface area (Å²) in [6, 6.07) is 5.32. The van der Waals surface area contributed by atoms with Crippen LogP contribution in [0.4, 0.5) is 0 Å². The van der Waals surface area contributed by atoms with Crippen molar-refractivity contribution in [3.8, 4) is 17.4 Å². The van der Waals surface area contributed by atoms with Gasteiger partial charge in [-0.15, -0.1) is 0 Å². The van der Waals surface area contributed by atoms with Crippen LogP contribution in [0.2, 0.25) is 0 Å². The molecule has 0 aliphatic heterocycles. The molecule has 0 aliphatic carbocycles. The molecular formula is C18H21N5O3. The number of carbonyl (C=O) groups excluding carboxylic acids is 1. The largest absolute Gasteiger partial charge is 0.463 e. The number of amides is 1. The van der Waals surface area contributed by atoms with Gasteiger partial charge in [0, 0.05) is 13.3 Å². The SMILES string of the molecule is CC[C@@H](COC)NC(=O)c1cnn(-c2nccc(-c3ccco3)n2)c1C. The highest BCUT2D eigenvalue weighted by Gasteiger charge is 2.19. The fourth-order valence-electron chi connectivity index (χ4n) is 2.57. The van der Waals surface area contributed by atoms with Crippen molar-refractivity contribution < 1.29 is 13.9 Å². The summed E-state index contributed by atoms with van der Waals surface area (Å²) >= 11 is 0. The predicted molar refractivity (Wildman–Crippen MR) is 95.0 cm³/mol. The monoisotopic (exact) mass is 355 g/mol. The highest BCUT2D eigenvalue weighted by Crippen LogP contribution is 2.18. The van der Waals surface area contributed by atoms with Crippen LogP contribution in [-0.4, -0.2) is 45.4 Å². The van der Waals surface area contributed by atoms with E-state index >= 15 is 0 Å². The number of methoxy groups -OCH3 is 1. The molecule has 0 saturated carbocycles. The van der Waals surface area contributed by atoms with E-state index in [1.807, 2.05) is 19.9 Å². The maximum atomic E-state index is 12.5. The van der Waals surface area contributed by atoms with Gasteiger partial charge in [-0.05, 0) is 31.5 Å². The van der Waals surface area contributed by atoms with Crippen molar-refractivity contribution in [2.24, 2.45) is 0 Å². The topological polar surface area (TPSA) is 95.1 Å². The van der Waals surface area contributed by atoms with Gasteiger partial charge >= 0.3 is 0 Å². The Balaban J connectivity index is 1.85. The number of nitrogens with one attached hydrogen (secondary N) is 1. The molecule has 0 fully saturated rings. The number of hydrogen-bond donors (Lipinski definition) is 1. The first-order chi connectivity index (χ1) is 12.6. The Hall–Kier alpha value is -3.00. The van der Waals surface area contributed by atoms with E-state index < -0.39 is 0 Å². The van der Waals surface area contributed by atoms with Crippen LogP contribution in [-0.2, 0) is 4.74 Å². The molecule has 3 aromatic rings. The van der Waals surface area contributed by atoms with Gasteiger partial charge in [0.05, 0.1) is 36.4 Å². The summed E-state index contributed by atoms with van der Waals surface area (Å²) in [5.41, 5.74) is 1.78. The zero-order valence-corrected chi connectivity index (χ0v) is 15.0. The second-order valence-electron chi connectivity index (χ2n) is 5.81. The van der Waals surface area contributed by atoms with E-state index in [4.69, 9.17) is 9.15 Å². The normalized spacial score (nSPS) is 12.1. The van der Waals surface area contributed by atoms with Crippen molar-refractivity contribution >= 4 is 5.91 Å². The Labute approximate surface area is 151 Å². The highest BCUT2D eigenvalue weighted by atomic mass is 16.5. The Morgan fingerprint density at radius 2 is 2.27 bits per heavy atom. The maximum Gasteiger partial charge on any atom is 0.255 e. The molecule has 0 unspecified atom stereocenters. The van der Waals surface area contributed by atoms with E-state index in [1.54, 1.807) is 36.4 Å². The van der Waals surface area contributed by atoms with Crippen LogP contribution < -0.4 is 5.32 Å². The molecule has 136 valence electrons. The summed E-state index contributed by atoms with van der Waals surface area (Å²) in [6.45, 7) is 4.26. The first kappa shape index (κ1) is 17.8. The summed E-state index contributed by atoms with van der Waals surface area (Å²) in [5.74, 6) is 0.820. The molecule has 0 aromatic carbocycles. The smallest absolute Gasteiger partial charge is 0.255 e. The van der Waals surface area contributed by atoms with Crippen LogP contribution in [0.1, 0.15) is 29.4 Å². The van der Waals surface area contributed by atoms with Crippen molar-refractivity contribution in [2.45, 2.75) is 26.3 Å². The van der Waals surface area contributed by atoms with E-state index in [1.165, 1.54) is 6.20 Å². The molecule has 3 aromatic heterocycles. The molecule has 3 heterocycles. The zero-order chi connectivity index (χ0) is 18.5. The quantitative estimate of drug-likeness (QED) is 0.699. The first-order valence-electron chi connectivity index (χ1n) is 8.35. The molecule has 0 radical (unpaired) electrons. The lowest BCUT2D eigenvalue weighted by molar-refractivity contribution is 0.0894. The van der Waals surface area contributed by atoms with E-state index in [-0.39, 0.29) is 11.9 Å². The fraction of sp³-hybridized carbons (Fsp3) is 0.333. The first-order valence-corrected chi connectivity index (χ1v) is 8.35. The van der Waals surface area contributed by atoms with Gasteiger partial charge in [-0.25, -0.2) is 14.6 Å². The molecular weight excluding hydrogens is 334 g/mol. The minimum Gasteiger partial charge on any atom is -0.463 e. The van der Waals surface area contributed by atoms with Crippen molar-refractivity contribution in [2.75, 3.05) is 13.7 Å². The van der Waals surface area contributed by atoms with Crippen molar-refractivity contribution in [1.29, 1.82) is 0 Å². The number of carbonyl (C=O) groups is 1. The molecule has 0 aliphatic rings. The number of ether oxygens (including phenoxy) is 1. The number of furan rings is 1.